The smallest absolute Gasteiger partial charge is 0.220 e. The average Bonchev–Trinajstić information content (AvgIpc) is 3.22. The second kappa shape index (κ2) is 49.0. The largest absolute Gasteiger partial charge is 0.394 e. The van der Waals surface area contributed by atoms with Crippen molar-refractivity contribution < 1.29 is 15.0 Å². The van der Waals surface area contributed by atoms with E-state index in [9.17, 15) is 15.0 Å². The van der Waals surface area contributed by atoms with Gasteiger partial charge in [-0.2, -0.15) is 0 Å². The van der Waals surface area contributed by atoms with E-state index < -0.39 is 12.1 Å². The highest BCUT2D eigenvalue weighted by atomic mass is 16.3. The minimum atomic E-state index is -0.860. The molecule has 0 aromatic heterocycles. The van der Waals surface area contributed by atoms with Gasteiger partial charge in [-0.3, -0.25) is 4.79 Å². The first-order chi connectivity index (χ1) is 28.2. The van der Waals surface area contributed by atoms with E-state index in [0.717, 1.165) is 32.1 Å². The lowest BCUT2D eigenvalue weighted by Crippen LogP contribution is -2.45. The fourth-order valence-corrected chi connectivity index (χ4v) is 7.90. The first kappa shape index (κ1) is 55.6. The first-order valence-electron chi connectivity index (χ1n) is 25.7. The molecule has 0 spiro atoms. The van der Waals surface area contributed by atoms with Crippen LogP contribution in [0, 0.1) is 0 Å². The van der Waals surface area contributed by atoms with E-state index in [0.29, 0.717) is 6.42 Å². The third-order valence-corrected chi connectivity index (χ3v) is 11.8. The quantitative estimate of drug-likeness (QED) is 0.0424. The van der Waals surface area contributed by atoms with Gasteiger partial charge in [-0.05, 0) is 57.8 Å². The normalized spacial score (nSPS) is 13.1. The maximum absolute atomic E-state index is 12.4. The molecule has 0 bridgehead atoms. The van der Waals surface area contributed by atoms with Crippen LogP contribution in [0.1, 0.15) is 277 Å². The second-order valence-corrected chi connectivity index (χ2v) is 17.6. The number of aliphatic hydroxyl groups is 2. The number of carbonyl (C=O) groups is 1. The molecule has 0 radical (unpaired) electrons. The van der Waals surface area contributed by atoms with Crippen LogP contribution < -0.4 is 5.32 Å². The molecule has 0 aromatic carbocycles. The summed E-state index contributed by atoms with van der Waals surface area (Å²) in [6, 6.07) is -0.637. The second-order valence-electron chi connectivity index (χ2n) is 17.6. The van der Waals surface area contributed by atoms with E-state index in [-0.39, 0.29) is 12.5 Å². The van der Waals surface area contributed by atoms with Crippen LogP contribution >= 0.6 is 0 Å². The summed E-state index contributed by atoms with van der Waals surface area (Å²) in [5, 5.41) is 23.0. The number of nitrogens with one attached hydrogen (secondary N) is 1. The summed E-state index contributed by atoms with van der Waals surface area (Å²) in [6.07, 6.45) is 65.8. The van der Waals surface area contributed by atoms with Crippen LogP contribution in [-0.2, 0) is 4.79 Å². The standard InChI is InChI=1S/C53H101NO3/c1-3-5-7-9-11-13-15-17-19-20-21-22-23-24-25-26-27-28-29-30-31-32-33-35-37-39-41-43-45-47-49-53(57)54-51(50-55)52(56)48-46-44-42-40-38-36-34-18-16-14-12-10-8-6-4-2/h24-25,38,40,46,48,51-52,55-56H,3-23,26-37,39,41-45,47,49-50H2,1-2H3,(H,54,57)/b25-24-,40-38+,48-46+. The number of rotatable bonds is 47. The number of aliphatic hydroxyl groups excluding tert-OH is 2. The van der Waals surface area contributed by atoms with Crippen molar-refractivity contribution in [1.82, 2.24) is 5.32 Å². The van der Waals surface area contributed by atoms with Crippen molar-refractivity contribution in [2.75, 3.05) is 6.61 Å². The van der Waals surface area contributed by atoms with Crippen molar-refractivity contribution in [3.63, 3.8) is 0 Å². The predicted octanol–water partition coefficient (Wildman–Crippen LogP) is 16.5. The summed E-state index contributed by atoms with van der Waals surface area (Å²) in [4.78, 5) is 12.4. The van der Waals surface area contributed by atoms with Crippen LogP contribution in [-0.4, -0.2) is 34.9 Å². The summed E-state index contributed by atoms with van der Waals surface area (Å²) < 4.78 is 0. The molecule has 4 heteroatoms. The molecular formula is C53H101NO3. The van der Waals surface area contributed by atoms with E-state index >= 15 is 0 Å². The van der Waals surface area contributed by atoms with E-state index in [1.54, 1.807) is 6.08 Å². The van der Waals surface area contributed by atoms with Crippen molar-refractivity contribution in [1.29, 1.82) is 0 Å². The predicted molar refractivity (Wildman–Crippen MR) is 253 cm³/mol. The molecule has 0 rings (SSSR count). The fourth-order valence-electron chi connectivity index (χ4n) is 7.90. The summed E-state index contributed by atoms with van der Waals surface area (Å²) in [5.41, 5.74) is 0. The maximum Gasteiger partial charge on any atom is 0.220 e. The topological polar surface area (TPSA) is 69.6 Å². The molecule has 1 amide bonds. The zero-order valence-electron chi connectivity index (χ0n) is 38.6. The summed E-state index contributed by atoms with van der Waals surface area (Å²) >= 11 is 0. The highest BCUT2D eigenvalue weighted by molar-refractivity contribution is 5.76. The van der Waals surface area contributed by atoms with Crippen LogP contribution in [0.2, 0.25) is 0 Å². The lowest BCUT2D eigenvalue weighted by molar-refractivity contribution is -0.123. The number of hydrogen-bond acceptors (Lipinski definition) is 3. The third-order valence-electron chi connectivity index (χ3n) is 11.8. The summed E-state index contributed by atoms with van der Waals surface area (Å²) in [6.45, 7) is 4.31. The lowest BCUT2D eigenvalue weighted by Gasteiger charge is -2.19. The van der Waals surface area contributed by atoms with E-state index in [1.807, 2.05) is 6.08 Å². The molecule has 0 aliphatic rings. The van der Waals surface area contributed by atoms with Crippen molar-refractivity contribution in [2.24, 2.45) is 0 Å². The average molecular weight is 800 g/mol. The van der Waals surface area contributed by atoms with Crippen LogP contribution in [0.4, 0.5) is 0 Å². The molecule has 2 atom stereocenters. The first-order valence-corrected chi connectivity index (χ1v) is 25.7. The molecule has 0 aromatic rings. The van der Waals surface area contributed by atoms with Crippen LogP contribution in [0.15, 0.2) is 36.5 Å². The zero-order valence-corrected chi connectivity index (χ0v) is 38.6. The Morgan fingerprint density at radius 2 is 0.684 bits per heavy atom. The molecule has 0 heterocycles. The molecule has 0 saturated heterocycles. The Hall–Kier alpha value is -1.39. The van der Waals surface area contributed by atoms with Gasteiger partial charge in [-0.1, -0.05) is 249 Å². The number of hydrogen-bond donors (Lipinski definition) is 3. The van der Waals surface area contributed by atoms with Gasteiger partial charge in [0, 0.05) is 6.42 Å². The van der Waals surface area contributed by atoms with Gasteiger partial charge >= 0.3 is 0 Å². The molecule has 0 aliphatic heterocycles. The molecule has 4 nitrogen and oxygen atoms in total. The van der Waals surface area contributed by atoms with Gasteiger partial charge in [0.05, 0.1) is 18.8 Å². The molecule has 2 unspecified atom stereocenters. The number of amides is 1. The van der Waals surface area contributed by atoms with Gasteiger partial charge in [0.1, 0.15) is 0 Å². The minimum absolute atomic E-state index is 0.0713. The van der Waals surface area contributed by atoms with Gasteiger partial charge in [0.25, 0.3) is 0 Å². The zero-order chi connectivity index (χ0) is 41.4. The van der Waals surface area contributed by atoms with Gasteiger partial charge in [0.2, 0.25) is 5.91 Å². The van der Waals surface area contributed by atoms with Crippen LogP contribution in [0.3, 0.4) is 0 Å². The molecule has 0 saturated carbocycles. The summed E-state index contributed by atoms with van der Waals surface area (Å²) in [5.74, 6) is -0.0713. The van der Waals surface area contributed by atoms with E-state index in [4.69, 9.17) is 0 Å². The number of unbranched alkanes of at least 4 members (excludes halogenated alkanes) is 36. The van der Waals surface area contributed by atoms with Crippen molar-refractivity contribution >= 4 is 5.91 Å². The minimum Gasteiger partial charge on any atom is -0.394 e. The Morgan fingerprint density at radius 3 is 1.02 bits per heavy atom. The Labute approximate surface area is 357 Å². The van der Waals surface area contributed by atoms with Gasteiger partial charge in [-0.15, -0.1) is 0 Å². The molecule has 336 valence electrons. The monoisotopic (exact) mass is 800 g/mol. The lowest BCUT2D eigenvalue weighted by atomic mass is 10.0. The van der Waals surface area contributed by atoms with Crippen LogP contribution in [0.25, 0.3) is 0 Å². The Morgan fingerprint density at radius 1 is 0.404 bits per heavy atom. The van der Waals surface area contributed by atoms with E-state index in [2.05, 4.69) is 43.5 Å². The highest BCUT2D eigenvalue weighted by Crippen LogP contribution is 2.16. The Balaban J connectivity index is 3.48. The highest BCUT2D eigenvalue weighted by Gasteiger charge is 2.17. The Bertz CT molecular complexity index is 866. The molecule has 0 aliphatic carbocycles. The Kier molecular flexibility index (Phi) is 47.8. The van der Waals surface area contributed by atoms with Gasteiger partial charge < -0.3 is 15.5 Å². The van der Waals surface area contributed by atoms with Crippen molar-refractivity contribution in [2.45, 2.75) is 289 Å². The molecular weight excluding hydrogens is 699 g/mol. The maximum atomic E-state index is 12.4. The third kappa shape index (κ3) is 45.5. The molecule has 3 N–H and O–H groups in total. The summed E-state index contributed by atoms with van der Waals surface area (Å²) in [7, 11) is 0. The van der Waals surface area contributed by atoms with Gasteiger partial charge in [0.15, 0.2) is 0 Å². The SMILES string of the molecule is CCCCCCCCCCC/C=C/CC/C=C/C(O)C(CO)NC(=O)CCCCCCCCCCCCCCCC/C=C\CCCCCCCCCCCCCC. The fraction of sp³-hybridized carbons (Fsp3) is 0.868. The molecule has 57 heavy (non-hydrogen) atoms. The number of carbonyl (C=O) groups excluding carboxylic acids is 1. The number of allylic oxidation sites excluding steroid dienone is 5. The van der Waals surface area contributed by atoms with Crippen molar-refractivity contribution in [3.8, 4) is 0 Å². The van der Waals surface area contributed by atoms with E-state index in [1.165, 1.54) is 225 Å². The van der Waals surface area contributed by atoms with Crippen molar-refractivity contribution in [3.05, 3.63) is 36.5 Å². The molecule has 0 fully saturated rings. The van der Waals surface area contributed by atoms with Gasteiger partial charge in [-0.25, -0.2) is 0 Å². The van der Waals surface area contributed by atoms with Crippen LogP contribution in [0.5, 0.6) is 0 Å².